The lowest BCUT2D eigenvalue weighted by Crippen LogP contribution is -2.30. The lowest BCUT2D eigenvalue weighted by Gasteiger charge is -2.21. The van der Waals surface area contributed by atoms with Crippen molar-refractivity contribution >= 4 is 25.7 Å². The van der Waals surface area contributed by atoms with Gasteiger partial charge in [-0.05, 0) is 77.0 Å². The molecule has 0 rings (SSSR count). The Morgan fingerprint density at radius 2 is 0.812 bits per heavy atom. The first-order valence-electron chi connectivity index (χ1n) is 25.5. The average Bonchev–Trinajstić information content (AvgIpc) is 3.28. The number of hydrogen-bond acceptors (Lipinski definition) is 10. The fourth-order valence-electron chi connectivity index (χ4n) is 6.83. The van der Waals surface area contributed by atoms with Crippen LogP contribution >= 0.6 is 7.82 Å². The van der Waals surface area contributed by atoms with Crippen LogP contribution in [0.3, 0.4) is 0 Å². The van der Waals surface area contributed by atoms with Gasteiger partial charge in [0.05, 0.1) is 19.8 Å². The molecule has 0 spiro atoms. The SMILES string of the molecule is CC/C=C\C/C=C\C/C=C\CCCCCCCC(=O)OC(COC(=O)CCCCCCCCCCC)COP(=O)(O)OCC(CO)OC(=O)CCCCCCC/C=C\CCCCCC. The van der Waals surface area contributed by atoms with Gasteiger partial charge in [-0.2, -0.15) is 0 Å². The number of aliphatic hydroxyl groups is 1. The van der Waals surface area contributed by atoms with Gasteiger partial charge >= 0.3 is 25.7 Å². The van der Waals surface area contributed by atoms with E-state index >= 15 is 0 Å². The van der Waals surface area contributed by atoms with Crippen LogP contribution in [0.25, 0.3) is 0 Å². The zero-order valence-electron chi connectivity index (χ0n) is 40.7. The highest BCUT2D eigenvalue weighted by atomic mass is 31.2. The molecule has 0 aromatic carbocycles. The molecule has 0 radical (unpaired) electrons. The summed E-state index contributed by atoms with van der Waals surface area (Å²) in [7, 11) is -4.74. The lowest BCUT2D eigenvalue weighted by molar-refractivity contribution is -0.161. The van der Waals surface area contributed by atoms with Crippen molar-refractivity contribution in [2.75, 3.05) is 26.4 Å². The number of unbranched alkanes of at least 4 members (excludes halogenated alkanes) is 22. The largest absolute Gasteiger partial charge is 0.472 e. The molecule has 2 N–H and O–H groups in total. The lowest BCUT2D eigenvalue weighted by atomic mass is 10.1. The van der Waals surface area contributed by atoms with Crippen LogP contribution < -0.4 is 0 Å². The maximum Gasteiger partial charge on any atom is 0.472 e. The average molecular weight is 925 g/mol. The van der Waals surface area contributed by atoms with Gasteiger partial charge in [-0.15, -0.1) is 0 Å². The summed E-state index contributed by atoms with van der Waals surface area (Å²) >= 11 is 0. The molecule has 64 heavy (non-hydrogen) atoms. The molecule has 0 bridgehead atoms. The summed E-state index contributed by atoms with van der Waals surface area (Å²) in [5, 5.41) is 9.76. The van der Waals surface area contributed by atoms with Gasteiger partial charge in [-0.25, -0.2) is 4.57 Å². The van der Waals surface area contributed by atoms with E-state index in [4.69, 9.17) is 23.3 Å². The highest BCUT2D eigenvalue weighted by Crippen LogP contribution is 2.43. The molecule has 0 fully saturated rings. The van der Waals surface area contributed by atoms with E-state index in [9.17, 15) is 28.9 Å². The number of esters is 3. The number of ether oxygens (including phenoxy) is 3. The normalized spacial score (nSPS) is 13.9. The standard InChI is InChI=1S/C52H93O11P/c1-4-7-10-13-16-19-21-23-24-26-28-31-34-37-40-43-52(56)63-49(45-59-50(54)41-38-35-32-29-18-15-12-9-6-3)47-61-64(57,58)60-46-48(44-53)62-51(55)42-39-36-33-30-27-25-22-20-17-14-11-8-5-2/h7,10,16,19-20,22-24,48-49,53H,4-6,8-9,11-15,17-18,21,25-47H2,1-3H3,(H,57,58)/b10-7-,19-16-,22-20-,24-23-. The van der Waals surface area contributed by atoms with Gasteiger partial charge in [-0.3, -0.25) is 23.4 Å². The second-order valence-electron chi connectivity index (χ2n) is 17.0. The third kappa shape index (κ3) is 44.6. The molecular weight excluding hydrogens is 832 g/mol. The summed E-state index contributed by atoms with van der Waals surface area (Å²) in [6.07, 6.45) is 46.6. The van der Waals surface area contributed by atoms with E-state index in [1.807, 2.05) is 0 Å². The molecule has 0 aliphatic heterocycles. The van der Waals surface area contributed by atoms with Crippen LogP contribution in [0.15, 0.2) is 48.6 Å². The van der Waals surface area contributed by atoms with Gasteiger partial charge in [0.1, 0.15) is 12.7 Å². The van der Waals surface area contributed by atoms with Crippen molar-refractivity contribution in [3.05, 3.63) is 48.6 Å². The number of rotatable bonds is 47. The van der Waals surface area contributed by atoms with Gasteiger partial charge in [-0.1, -0.05) is 179 Å². The Balaban J connectivity index is 4.73. The summed E-state index contributed by atoms with van der Waals surface area (Å²) in [6.45, 7) is 4.45. The number of hydrogen-bond donors (Lipinski definition) is 2. The molecule has 0 saturated carbocycles. The molecule has 3 atom stereocenters. The quantitative estimate of drug-likeness (QED) is 0.0197. The smallest absolute Gasteiger partial charge is 0.462 e. The minimum absolute atomic E-state index is 0.149. The summed E-state index contributed by atoms with van der Waals surface area (Å²) in [5.74, 6) is -1.49. The van der Waals surface area contributed by atoms with Crippen molar-refractivity contribution in [3.8, 4) is 0 Å². The van der Waals surface area contributed by atoms with Crippen LogP contribution in [0.2, 0.25) is 0 Å². The van der Waals surface area contributed by atoms with Crippen molar-refractivity contribution in [1.29, 1.82) is 0 Å². The molecule has 3 unspecified atom stereocenters. The Hall–Kier alpha value is -2.56. The monoisotopic (exact) mass is 925 g/mol. The molecular formula is C52H93O11P. The van der Waals surface area contributed by atoms with Crippen LogP contribution in [-0.2, 0) is 42.2 Å². The predicted octanol–water partition coefficient (Wildman–Crippen LogP) is 14.2. The zero-order valence-corrected chi connectivity index (χ0v) is 41.6. The number of carbonyl (C=O) groups is 3. The number of carbonyl (C=O) groups excluding carboxylic acids is 3. The van der Waals surface area contributed by atoms with E-state index in [2.05, 4.69) is 69.4 Å². The summed E-state index contributed by atoms with van der Waals surface area (Å²) in [6, 6.07) is 0. The first-order valence-corrected chi connectivity index (χ1v) is 27.0. The summed E-state index contributed by atoms with van der Waals surface area (Å²) < 4.78 is 39.3. The van der Waals surface area contributed by atoms with E-state index in [1.165, 1.54) is 57.8 Å². The van der Waals surface area contributed by atoms with Crippen LogP contribution in [0.1, 0.15) is 226 Å². The number of phosphoric ester groups is 1. The van der Waals surface area contributed by atoms with Gasteiger partial charge in [0.25, 0.3) is 0 Å². The van der Waals surface area contributed by atoms with Crippen LogP contribution in [0.5, 0.6) is 0 Å². The third-order valence-corrected chi connectivity index (χ3v) is 11.7. The molecule has 12 heteroatoms. The second kappa shape index (κ2) is 47.0. The highest BCUT2D eigenvalue weighted by Gasteiger charge is 2.28. The first kappa shape index (κ1) is 61.4. The molecule has 0 aliphatic carbocycles. The van der Waals surface area contributed by atoms with Gasteiger partial charge in [0, 0.05) is 19.3 Å². The van der Waals surface area contributed by atoms with E-state index in [1.54, 1.807) is 0 Å². The van der Waals surface area contributed by atoms with Crippen LogP contribution in [-0.4, -0.2) is 66.5 Å². The Morgan fingerprint density at radius 1 is 0.453 bits per heavy atom. The molecule has 0 heterocycles. The molecule has 0 aromatic rings. The first-order chi connectivity index (χ1) is 31.2. The highest BCUT2D eigenvalue weighted by molar-refractivity contribution is 7.47. The Bertz CT molecular complexity index is 1260. The topological polar surface area (TPSA) is 155 Å². The van der Waals surface area contributed by atoms with Crippen molar-refractivity contribution in [3.63, 3.8) is 0 Å². The van der Waals surface area contributed by atoms with Gasteiger partial charge < -0.3 is 24.2 Å². The maximum atomic E-state index is 12.8. The molecule has 0 aliphatic rings. The molecule has 0 amide bonds. The molecule has 0 saturated heterocycles. The minimum atomic E-state index is -4.74. The van der Waals surface area contributed by atoms with Crippen molar-refractivity contribution in [2.45, 2.75) is 238 Å². The van der Waals surface area contributed by atoms with Crippen molar-refractivity contribution in [1.82, 2.24) is 0 Å². The maximum absolute atomic E-state index is 12.8. The van der Waals surface area contributed by atoms with E-state index in [-0.39, 0.29) is 25.9 Å². The summed E-state index contributed by atoms with van der Waals surface area (Å²) in [4.78, 5) is 48.2. The molecule has 372 valence electrons. The van der Waals surface area contributed by atoms with E-state index in [0.717, 1.165) is 109 Å². The fourth-order valence-corrected chi connectivity index (χ4v) is 7.62. The third-order valence-electron chi connectivity index (χ3n) is 10.7. The van der Waals surface area contributed by atoms with Gasteiger partial charge in [0.2, 0.25) is 0 Å². The van der Waals surface area contributed by atoms with Crippen LogP contribution in [0.4, 0.5) is 0 Å². The Kier molecular flexibility index (Phi) is 45.1. The van der Waals surface area contributed by atoms with E-state index < -0.39 is 57.8 Å². The van der Waals surface area contributed by atoms with Crippen LogP contribution in [0, 0.1) is 0 Å². The van der Waals surface area contributed by atoms with Gasteiger partial charge in [0.15, 0.2) is 6.10 Å². The second-order valence-corrected chi connectivity index (χ2v) is 18.4. The Labute approximate surface area is 390 Å². The Morgan fingerprint density at radius 3 is 1.28 bits per heavy atom. The number of phosphoric acid groups is 1. The number of allylic oxidation sites excluding steroid dienone is 8. The number of aliphatic hydroxyl groups excluding tert-OH is 1. The molecule has 11 nitrogen and oxygen atoms in total. The molecule has 0 aromatic heterocycles. The predicted molar refractivity (Wildman–Crippen MR) is 261 cm³/mol. The van der Waals surface area contributed by atoms with Crippen molar-refractivity contribution in [2.24, 2.45) is 0 Å². The van der Waals surface area contributed by atoms with E-state index in [0.29, 0.717) is 19.3 Å². The zero-order chi connectivity index (χ0) is 47.0. The van der Waals surface area contributed by atoms with Crippen molar-refractivity contribution < 1.29 is 52.2 Å². The summed E-state index contributed by atoms with van der Waals surface area (Å²) in [5.41, 5.74) is 0. The fraction of sp³-hybridized carbons (Fsp3) is 0.788. The minimum Gasteiger partial charge on any atom is -0.462 e.